The topological polar surface area (TPSA) is 69.4 Å². The lowest BCUT2D eigenvalue weighted by Crippen LogP contribution is -2.05. The molecule has 2 aromatic rings. The fourth-order valence-corrected chi connectivity index (χ4v) is 1.52. The summed E-state index contributed by atoms with van der Waals surface area (Å²) >= 11 is 0. The first kappa shape index (κ1) is 9.01. The van der Waals surface area contributed by atoms with Gasteiger partial charge in [0.15, 0.2) is 12.0 Å². The maximum Gasteiger partial charge on any atom is 0.306 e. The van der Waals surface area contributed by atoms with Crippen LogP contribution >= 0.6 is 0 Å². The van der Waals surface area contributed by atoms with E-state index >= 15 is 0 Å². The van der Waals surface area contributed by atoms with E-state index in [1.807, 2.05) is 0 Å². The van der Waals surface area contributed by atoms with E-state index in [2.05, 4.69) is 9.17 Å². The van der Waals surface area contributed by atoms with Gasteiger partial charge in [-0.25, -0.2) is 4.98 Å². The van der Waals surface area contributed by atoms with Crippen molar-refractivity contribution in [3.05, 3.63) is 24.6 Å². The number of aromatic nitrogens is 1. The van der Waals surface area contributed by atoms with Crippen molar-refractivity contribution in [2.24, 2.45) is 0 Å². The van der Waals surface area contributed by atoms with Crippen molar-refractivity contribution in [1.82, 2.24) is 4.98 Å². The SMILES string of the molecule is CS(=O)(=O)Oc1ccc2ncoc2c1. The Balaban J connectivity index is 2.44. The number of hydrogen-bond acceptors (Lipinski definition) is 5. The van der Waals surface area contributed by atoms with E-state index in [0.717, 1.165) is 6.26 Å². The van der Waals surface area contributed by atoms with E-state index in [1.165, 1.54) is 18.5 Å². The lowest BCUT2D eigenvalue weighted by Gasteiger charge is -2.00. The predicted molar refractivity (Wildman–Crippen MR) is 49.5 cm³/mol. The van der Waals surface area contributed by atoms with E-state index in [1.54, 1.807) is 6.07 Å². The minimum atomic E-state index is -3.49. The molecule has 0 N–H and O–H groups in total. The van der Waals surface area contributed by atoms with Crippen LogP contribution in [0.15, 0.2) is 29.0 Å². The highest BCUT2D eigenvalue weighted by atomic mass is 32.2. The van der Waals surface area contributed by atoms with Crippen LogP contribution in [0, 0.1) is 0 Å². The molecule has 0 saturated carbocycles. The van der Waals surface area contributed by atoms with Gasteiger partial charge in [0, 0.05) is 6.07 Å². The van der Waals surface area contributed by atoms with E-state index in [4.69, 9.17) is 4.42 Å². The van der Waals surface area contributed by atoms with Crippen molar-refractivity contribution in [3.8, 4) is 5.75 Å². The van der Waals surface area contributed by atoms with Crippen molar-refractivity contribution in [1.29, 1.82) is 0 Å². The van der Waals surface area contributed by atoms with E-state index in [-0.39, 0.29) is 5.75 Å². The van der Waals surface area contributed by atoms with Gasteiger partial charge in [0.2, 0.25) is 0 Å². The normalized spacial score (nSPS) is 11.8. The maximum absolute atomic E-state index is 10.8. The van der Waals surface area contributed by atoms with Gasteiger partial charge >= 0.3 is 10.1 Å². The number of oxazole rings is 1. The average Bonchev–Trinajstić information content (AvgIpc) is 2.47. The molecule has 6 heteroatoms. The van der Waals surface area contributed by atoms with Gasteiger partial charge in [0.25, 0.3) is 0 Å². The quantitative estimate of drug-likeness (QED) is 0.700. The number of hydrogen-bond donors (Lipinski definition) is 0. The number of nitrogens with zero attached hydrogens (tertiary/aromatic N) is 1. The molecule has 0 unspecified atom stereocenters. The summed E-state index contributed by atoms with van der Waals surface area (Å²) in [6.07, 6.45) is 2.27. The fourth-order valence-electron chi connectivity index (χ4n) is 1.06. The third kappa shape index (κ3) is 1.85. The summed E-state index contributed by atoms with van der Waals surface area (Å²) in [7, 11) is -3.49. The van der Waals surface area contributed by atoms with Gasteiger partial charge in [-0.1, -0.05) is 0 Å². The molecule has 14 heavy (non-hydrogen) atoms. The first-order valence-corrected chi connectivity index (χ1v) is 5.59. The van der Waals surface area contributed by atoms with Crippen LogP contribution in [-0.4, -0.2) is 19.7 Å². The Morgan fingerprint density at radius 3 is 2.93 bits per heavy atom. The van der Waals surface area contributed by atoms with Crippen LogP contribution in [0.2, 0.25) is 0 Å². The summed E-state index contributed by atoms with van der Waals surface area (Å²) < 4.78 is 31.3. The monoisotopic (exact) mass is 213 g/mol. The summed E-state index contributed by atoms with van der Waals surface area (Å²) in [5, 5.41) is 0. The largest absolute Gasteiger partial charge is 0.443 e. The van der Waals surface area contributed by atoms with Crippen LogP contribution in [0.5, 0.6) is 5.75 Å². The van der Waals surface area contributed by atoms with Gasteiger partial charge in [-0.3, -0.25) is 0 Å². The Bertz CT molecular complexity index is 557. The minimum absolute atomic E-state index is 0.219. The van der Waals surface area contributed by atoms with Crippen molar-refractivity contribution < 1.29 is 17.0 Å². The van der Waals surface area contributed by atoms with Crippen LogP contribution in [-0.2, 0) is 10.1 Å². The van der Waals surface area contributed by atoms with Gasteiger partial charge in [0.1, 0.15) is 11.3 Å². The Kier molecular flexibility index (Phi) is 1.92. The highest BCUT2D eigenvalue weighted by Crippen LogP contribution is 2.20. The molecule has 0 radical (unpaired) electrons. The molecule has 0 aliphatic carbocycles. The predicted octanol–water partition coefficient (Wildman–Crippen LogP) is 1.17. The highest BCUT2D eigenvalue weighted by Gasteiger charge is 2.06. The Morgan fingerprint density at radius 2 is 2.21 bits per heavy atom. The summed E-state index contributed by atoms with van der Waals surface area (Å²) in [5.41, 5.74) is 1.15. The standard InChI is InChI=1S/C8H7NO4S/c1-14(10,11)13-6-2-3-7-8(4-6)12-5-9-7/h2-5H,1H3. The van der Waals surface area contributed by atoms with Crippen LogP contribution in [0.4, 0.5) is 0 Å². The highest BCUT2D eigenvalue weighted by molar-refractivity contribution is 7.86. The molecular formula is C8H7NO4S. The summed E-state index contributed by atoms with van der Waals surface area (Å²) in [4.78, 5) is 3.88. The van der Waals surface area contributed by atoms with Crippen molar-refractivity contribution in [2.45, 2.75) is 0 Å². The molecule has 0 bridgehead atoms. The third-order valence-electron chi connectivity index (χ3n) is 1.55. The van der Waals surface area contributed by atoms with Crippen LogP contribution in [0.3, 0.4) is 0 Å². The molecule has 2 rings (SSSR count). The molecule has 0 spiro atoms. The summed E-state index contributed by atoms with van der Waals surface area (Å²) in [6.45, 7) is 0. The molecule has 0 atom stereocenters. The molecule has 0 aliphatic heterocycles. The second-order valence-electron chi connectivity index (χ2n) is 2.77. The molecule has 0 fully saturated rings. The van der Waals surface area contributed by atoms with Crippen molar-refractivity contribution in [3.63, 3.8) is 0 Å². The van der Waals surface area contributed by atoms with Crippen LogP contribution in [0.1, 0.15) is 0 Å². The Hall–Kier alpha value is -1.56. The van der Waals surface area contributed by atoms with Crippen LogP contribution < -0.4 is 4.18 Å². The zero-order valence-corrected chi connectivity index (χ0v) is 8.11. The van der Waals surface area contributed by atoms with Gasteiger partial charge < -0.3 is 8.60 Å². The van der Waals surface area contributed by atoms with Gasteiger partial charge in [-0.2, -0.15) is 8.42 Å². The fraction of sp³-hybridized carbons (Fsp3) is 0.125. The van der Waals surface area contributed by atoms with Gasteiger partial charge in [0.05, 0.1) is 6.26 Å². The molecular weight excluding hydrogens is 206 g/mol. The van der Waals surface area contributed by atoms with E-state index in [9.17, 15) is 8.42 Å². The van der Waals surface area contributed by atoms with Gasteiger partial charge in [-0.05, 0) is 12.1 Å². The molecule has 5 nitrogen and oxygen atoms in total. The summed E-state index contributed by atoms with van der Waals surface area (Å²) in [6, 6.07) is 4.62. The second kappa shape index (κ2) is 2.98. The van der Waals surface area contributed by atoms with E-state index in [0.29, 0.717) is 11.1 Å². The Labute approximate surface area is 80.4 Å². The second-order valence-corrected chi connectivity index (χ2v) is 4.34. The van der Waals surface area contributed by atoms with Gasteiger partial charge in [-0.15, -0.1) is 0 Å². The first-order chi connectivity index (χ1) is 6.54. The number of benzene rings is 1. The zero-order valence-electron chi connectivity index (χ0n) is 7.30. The average molecular weight is 213 g/mol. The molecule has 1 aromatic carbocycles. The molecule has 0 amide bonds. The van der Waals surface area contributed by atoms with Crippen LogP contribution in [0.25, 0.3) is 11.1 Å². The number of fused-ring (bicyclic) bond motifs is 1. The lowest BCUT2D eigenvalue weighted by atomic mass is 10.3. The van der Waals surface area contributed by atoms with Crippen molar-refractivity contribution >= 4 is 21.2 Å². The Morgan fingerprint density at radius 1 is 1.43 bits per heavy atom. The smallest absolute Gasteiger partial charge is 0.306 e. The first-order valence-electron chi connectivity index (χ1n) is 3.77. The maximum atomic E-state index is 10.8. The lowest BCUT2D eigenvalue weighted by molar-refractivity contribution is 0.492. The minimum Gasteiger partial charge on any atom is -0.443 e. The molecule has 0 aliphatic rings. The number of rotatable bonds is 2. The third-order valence-corrected chi connectivity index (χ3v) is 2.05. The van der Waals surface area contributed by atoms with E-state index < -0.39 is 10.1 Å². The molecule has 74 valence electrons. The zero-order chi connectivity index (χ0) is 10.2. The van der Waals surface area contributed by atoms with Crippen molar-refractivity contribution in [2.75, 3.05) is 6.26 Å². The molecule has 0 saturated heterocycles. The molecule has 1 heterocycles. The molecule has 1 aromatic heterocycles. The summed E-state index contributed by atoms with van der Waals surface area (Å²) in [5.74, 6) is 0.219.